The lowest BCUT2D eigenvalue weighted by Crippen LogP contribution is -2.30. The fourth-order valence-electron chi connectivity index (χ4n) is 2.48. The van der Waals surface area contributed by atoms with E-state index in [4.69, 9.17) is 5.11 Å². The van der Waals surface area contributed by atoms with Gasteiger partial charge in [0.1, 0.15) is 12.4 Å². The number of carbonyl (C=O) groups is 1. The average molecular weight is 289 g/mol. The van der Waals surface area contributed by atoms with Crippen molar-refractivity contribution in [2.24, 2.45) is 5.41 Å². The topological polar surface area (TPSA) is 49.3 Å². The van der Waals surface area contributed by atoms with Gasteiger partial charge >= 0.3 is 0 Å². The summed E-state index contributed by atoms with van der Waals surface area (Å²) in [5, 5.41) is 11.5. The fourth-order valence-corrected chi connectivity index (χ4v) is 2.48. The summed E-state index contributed by atoms with van der Waals surface area (Å²) >= 11 is 0. The zero-order valence-electron chi connectivity index (χ0n) is 12.2. The molecule has 0 heterocycles. The number of amides is 1. The van der Waals surface area contributed by atoms with Crippen LogP contribution in [-0.4, -0.2) is 24.2 Å². The molecule has 1 saturated carbocycles. The number of rotatable bonds is 5. The van der Waals surface area contributed by atoms with Crippen molar-refractivity contribution >= 4 is 5.91 Å². The predicted octanol–water partition coefficient (Wildman–Crippen LogP) is 2.48. The Morgan fingerprint density at radius 2 is 2.24 bits per heavy atom. The molecule has 1 fully saturated rings. The normalized spacial score (nSPS) is 15.0. The number of benzene rings is 1. The zero-order chi connectivity index (χ0) is 15.3. The van der Waals surface area contributed by atoms with E-state index in [1.54, 1.807) is 6.07 Å². The number of carbonyl (C=O) groups excluding carboxylic acids is 1. The predicted molar refractivity (Wildman–Crippen MR) is 79.3 cm³/mol. The van der Waals surface area contributed by atoms with Crippen LogP contribution >= 0.6 is 0 Å². The van der Waals surface area contributed by atoms with Crippen LogP contribution in [0.25, 0.3) is 0 Å². The van der Waals surface area contributed by atoms with E-state index >= 15 is 0 Å². The van der Waals surface area contributed by atoms with Crippen molar-refractivity contribution < 1.29 is 14.3 Å². The Kier molecular flexibility index (Phi) is 4.98. The highest BCUT2D eigenvalue weighted by Gasteiger charge is 2.41. The third-order valence-corrected chi connectivity index (χ3v) is 3.89. The molecule has 0 bridgehead atoms. The van der Waals surface area contributed by atoms with Gasteiger partial charge in [0.05, 0.1) is 5.56 Å². The zero-order valence-corrected chi connectivity index (χ0v) is 12.2. The summed E-state index contributed by atoms with van der Waals surface area (Å²) in [6.07, 6.45) is 4.55. The van der Waals surface area contributed by atoms with Crippen LogP contribution in [0.1, 0.15) is 48.5 Å². The van der Waals surface area contributed by atoms with Crippen LogP contribution in [-0.2, 0) is 0 Å². The van der Waals surface area contributed by atoms with Crippen molar-refractivity contribution in [3.63, 3.8) is 0 Å². The molecule has 0 radical (unpaired) electrons. The minimum absolute atomic E-state index is 0.185. The van der Waals surface area contributed by atoms with Gasteiger partial charge in [-0.3, -0.25) is 4.79 Å². The van der Waals surface area contributed by atoms with Gasteiger partial charge in [0.25, 0.3) is 5.91 Å². The third-order valence-electron chi connectivity index (χ3n) is 3.89. The van der Waals surface area contributed by atoms with Gasteiger partial charge in [0, 0.05) is 12.1 Å². The van der Waals surface area contributed by atoms with Crippen LogP contribution in [0.5, 0.6) is 0 Å². The molecule has 1 aromatic carbocycles. The lowest BCUT2D eigenvalue weighted by atomic mass is 10.0. The first kappa shape index (κ1) is 15.5. The number of aliphatic hydroxyl groups excluding tert-OH is 1. The highest BCUT2D eigenvalue weighted by molar-refractivity contribution is 5.94. The first-order chi connectivity index (χ1) is 10.1. The van der Waals surface area contributed by atoms with Gasteiger partial charge in [0.2, 0.25) is 0 Å². The van der Waals surface area contributed by atoms with Crippen LogP contribution in [0.4, 0.5) is 4.39 Å². The lowest BCUT2D eigenvalue weighted by Gasteiger charge is -2.15. The second-order valence-electron chi connectivity index (χ2n) is 5.59. The maximum atomic E-state index is 13.8. The van der Waals surface area contributed by atoms with Gasteiger partial charge in [-0.25, -0.2) is 4.39 Å². The first-order valence-electron chi connectivity index (χ1n) is 7.28. The summed E-state index contributed by atoms with van der Waals surface area (Å²) < 4.78 is 13.8. The maximum absolute atomic E-state index is 13.8. The van der Waals surface area contributed by atoms with Gasteiger partial charge in [0.15, 0.2) is 0 Å². The van der Waals surface area contributed by atoms with Crippen molar-refractivity contribution in [3.8, 4) is 11.8 Å². The molecule has 0 aromatic heterocycles. The first-order valence-corrected chi connectivity index (χ1v) is 7.28. The van der Waals surface area contributed by atoms with E-state index in [2.05, 4.69) is 24.1 Å². The van der Waals surface area contributed by atoms with E-state index in [1.165, 1.54) is 12.1 Å². The molecular weight excluding hydrogens is 269 g/mol. The molecule has 2 rings (SSSR count). The molecule has 0 saturated heterocycles. The second kappa shape index (κ2) is 6.73. The monoisotopic (exact) mass is 289 g/mol. The standard InChI is InChI=1S/C17H20FNO2/c1-2-7-17(8-9-17)12-19-16(21)14-6-5-13(4-3-10-20)15(18)11-14/h5-6,11,20H,2,7-10,12H2,1H3,(H,19,21). The van der Waals surface area contributed by atoms with Gasteiger partial charge in [-0.1, -0.05) is 25.2 Å². The molecule has 1 aliphatic carbocycles. The van der Waals surface area contributed by atoms with Crippen LogP contribution < -0.4 is 5.32 Å². The summed E-state index contributed by atoms with van der Waals surface area (Å²) in [7, 11) is 0. The Balaban J connectivity index is 1.98. The van der Waals surface area contributed by atoms with Crippen molar-refractivity contribution in [2.75, 3.05) is 13.2 Å². The van der Waals surface area contributed by atoms with E-state index in [9.17, 15) is 9.18 Å². The SMILES string of the molecule is CCCC1(CNC(=O)c2ccc(C#CCO)c(F)c2)CC1. The summed E-state index contributed by atoms with van der Waals surface area (Å²) in [4.78, 5) is 12.0. The number of hydrogen-bond donors (Lipinski definition) is 2. The van der Waals surface area contributed by atoms with Gasteiger partial charge in [-0.2, -0.15) is 0 Å². The quantitative estimate of drug-likeness (QED) is 0.818. The van der Waals surface area contributed by atoms with Crippen molar-refractivity contribution in [1.82, 2.24) is 5.32 Å². The number of halogens is 1. The van der Waals surface area contributed by atoms with Crippen LogP contribution in [0.2, 0.25) is 0 Å². The molecule has 112 valence electrons. The largest absolute Gasteiger partial charge is 0.384 e. The van der Waals surface area contributed by atoms with Crippen LogP contribution in [0.15, 0.2) is 18.2 Å². The number of aliphatic hydroxyl groups is 1. The van der Waals surface area contributed by atoms with Crippen LogP contribution in [0, 0.1) is 23.1 Å². The van der Waals surface area contributed by atoms with E-state index < -0.39 is 5.82 Å². The molecule has 3 nitrogen and oxygen atoms in total. The van der Waals surface area contributed by atoms with E-state index in [0.717, 1.165) is 25.7 Å². The van der Waals surface area contributed by atoms with E-state index in [-0.39, 0.29) is 23.5 Å². The Bertz CT molecular complexity index is 582. The Labute approximate surface area is 124 Å². The Morgan fingerprint density at radius 3 is 2.81 bits per heavy atom. The Hall–Kier alpha value is -1.86. The minimum atomic E-state index is -0.543. The Morgan fingerprint density at radius 1 is 1.48 bits per heavy atom. The van der Waals surface area contributed by atoms with Crippen LogP contribution in [0.3, 0.4) is 0 Å². The summed E-state index contributed by atoms with van der Waals surface area (Å²) in [5.41, 5.74) is 0.759. The molecule has 21 heavy (non-hydrogen) atoms. The van der Waals surface area contributed by atoms with E-state index in [0.29, 0.717) is 12.1 Å². The smallest absolute Gasteiger partial charge is 0.251 e. The molecular formula is C17H20FNO2. The molecule has 0 atom stereocenters. The highest BCUT2D eigenvalue weighted by Crippen LogP contribution is 2.48. The third kappa shape index (κ3) is 4.05. The summed E-state index contributed by atoms with van der Waals surface area (Å²) in [5.74, 6) is 4.10. The highest BCUT2D eigenvalue weighted by atomic mass is 19.1. The van der Waals surface area contributed by atoms with E-state index in [1.807, 2.05) is 0 Å². The molecule has 2 N–H and O–H groups in total. The van der Waals surface area contributed by atoms with Gasteiger partial charge < -0.3 is 10.4 Å². The molecule has 0 unspecified atom stereocenters. The molecule has 1 amide bonds. The lowest BCUT2D eigenvalue weighted by molar-refractivity contribution is 0.0943. The summed E-state index contributed by atoms with van der Waals surface area (Å²) in [6, 6.07) is 4.21. The maximum Gasteiger partial charge on any atom is 0.251 e. The van der Waals surface area contributed by atoms with Crippen molar-refractivity contribution in [1.29, 1.82) is 0 Å². The average Bonchev–Trinajstić information content (AvgIpc) is 3.24. The van der Waals surface area contributed by atoms with Crippen molar-refractivity contribution in [2.45, 2.75) is 32.6 Å². The molecule has 1 aromatic rings. The molecule has 0 aliphatic heterocycles. The van der Waals surface area contributed by atoms with Crippen molar-refractivity contribution in [3.05, 3.63) is 35.1 Å². The summed E-state index contributed by atoms with van der Waals surface area (Å²) in [6.45, 7) is 2.48. The molecule has 1 aliphatic rings. The number of nitrogens with one attached hydrogen (secondary N) is 1. The van der Waals surface area contributed by atoms with Gasteiger partial charge in [-0.05, 0) is 42.9 Å². The minimum Gasteiger partial charge on any atom is -0.384 e. The number of hydrogen-bond acceptors (Lipinski definition) is 2. The molecule has 0 spiro atoms. The second-order valence-corrected chi connectivity index (χ2v) is 5.59. The fraction of sp³-hybridized carbons (Fsp3) is 0.471. The van der Waals surface area contributed by atoms with Gasteiger partial charge in [-0.15, -0.1) is 0 Å². The molecule has 4 heteroatoms.